The van der Waals surface area contributed by atoms with Gasteiger partial charge in [-0.15, -0.1) is 0 Å². The highest BCUT2D eigenvalue weighted by molar-refractivity contribution is 6.05. The largest absolute Gasteiger partial charge is 0.487 e. The molecule has 2 N–H and O–H groups in total. The number of benzene rings is 3. The minimum Gasteiger partial charge on any atom is -0.487 e. The number of carbonyl (C=O) groups is 2. The predicted molar refractivity (Wildman–Crippen MR) is 145 cm³/mol. The number of ether oxygens (including phenoxy) is 2. The first-order chi connectivity index (χ1) is 19.5. The van der Waals surface area contributed by atoms with Gasteiger partial charge in [0.2, 0.25) is 0 Å². The maximum absolute atomic E-state index is 13.9. The molecule has 1 amide bonds. The van der Waals surface area contributed by atoms with E-state index in [4.69, 9.17) is 9.47 Å². The Kier molecular flexibility index (Phi) is 6.76. The van der Waals surface area contributed by atoms with Crippen LogP contribution in [0.15, 0.2) is 60.7 Å². The standard InChI is InChI=1S/C32H32F3NO5/c1-40-29(38)27(30-13-20-12-21(14-30)16-31(39,15-20)18-30)36-28(37)25-11-8-22-4-2-3-5-24(22)26(25)41-17-19-6-9-23(10-7-19)32(33,34)35/h2-11,20-21,27,39H,12-18H2,1H3,(H,36,37). The van der Waals surface area contributed by atoms with E-state index in [0.717, 1.165) is 49.6 Å². The molecule has 0 spiro atoms. The number of fused-ring (bicyclic) bond motifs is 1. The Bertz CT molecular complexity index is 1470. The molecule has 4 aliphatic rings. The van der Waals surface area contributed by atoms with Crippen LogP contribution in [0.1, 0.15) is 60.0 Å². The Morgan fingerprint density at radius 1 is 1.00 bits per heavy atom. The van der Waals surface area contributed by atoms with Crippen molar-refractivity contribution in [3.05, 3.63) is 77.4 Å². The Morgan fingerprint density at radius 2 is 1.68 bits per heavy atom. The van der Waals surface area contributed by atoms with E-state index in [1.165, 1.54) is 19.2 Å². The highest BCUT2D eigenvalue weighted by Gasteiger charge is 2.61. The van der Waals surface area contributed by atoms with E-state index in [1.54, 1.807) is 18.2 Å². The number of esters is 1. The number of methoxy groups -OCH3 is 1. The minimum atomic E-state index is -4.44. The second-order valence-electron chi connectivity index (χ2n) is 12.1. The zero-order valence-electron chi connectivity index (χ0n) is 22.7. The molecule has 4 bridgehead atoms. The quantitative estimate of drug-likeness (QED) is 0.340. The molecule has 6 nitrogen and oxygen atoms in total. The van der Waals surface area contributed by atoms with Crippen LogP contribution >= 0.6 is 0 Å². The molecule has 4 saturated carbocycles. The molecule has 41 heavy (non-hydrogen) atoms. The summed E-state index contributed by atoms with van der Waals surface area (Å²) in [6.07, 6.45) is -0.0650. The number of hydrogen-bond donors (Lipinski definition) is 2. The molecular weight excluding hydrogens is 535 g/mol. The number of aliphatic hydroxyl groups is 1. The Hall–Kier alpha value is -3.59. The summed E-state index contributed by atoms with van der Waals surface area (Å²) in [5.41, 5.74) is -1.48. The third-order valence-electron chi connectivity index (χ3n) is 9.19. The van der Waals surface area contributed by atoms with Crippen LogP contribution in [0.4, 0.5) is 13.2 Å². The van der Waals surface area contributed by atoms with Crippen molar-refractivity contribution in [1.82, 2.24) is 5.32 Å². The summed E-state index contributed by atoms with van der Waals surface area (Å²) >= 11 is 0. The van der Waals surface area contributed by atoms with Crippen LogP contribution in [0.3, 0.4) is 0 Å². The van der Waals surface area contributed by atoms with Gasteiger partial charge < -0.3 is 19.9 Å². The summed E-state index contributed by atoms with van der Waals surface area (Å²) in [6.45, 7) is -0.0623. The summed E-state index contributed by atoms with van der Waals surface area (Å²) in [6, 6.07) is 14.5. The monoisotopic (exact) mass is 567 g/mol. The zero-order valence-corrected chi connectivity index (χ0v) is 22.7. The number of nitrogens with one attached hydrogen (secondary N) is 1. The van der Waals surface area contributed by atoms with Gasteiger partial charge in [0.05, 0.1) is 23.8 Å². The maximum atomic E-state index is 13.9. The average Bonchev–Trinajstić information content (AvgIpc) is 2.92. The summed E-state index contributed by atoms with van der Waals surface area (Å²) in [5, 5.41) is 15.7. The first kappa shape index (κ1) is 27.6. The number of rotatable bonds is 7. The van der Waals surface area contributed by atoms with Crippen molar-refractivity contribution in [2.24, 2.45) is 17.3 Å². The molecule has 3 aromatic rings. The fourth-order valence-electron chi connectivity index (χ4n) is 7.93. The van der Waals surface area contributed by atoms with Crippen LogP contribution in [0.5, 0.6) is 5.75 Å². The van der Waals surface area contributed by atoms with Gasteiger partial charge in [0.15, 0.2) is 0 Å². The number of hydrogen-bond acceptors (Lipinski definition) is 5. The highest BCUT2D eigenvalue weighted by Crippen LogP contribution is 2.63. The molecule has 4 aliphatic carbocycles. The number of alkyl halides is 3. The van der Waals surface area contributed by atoms with E-state index in [0.29, 0.717) is 29.2 Å². The molecule has 0 saturated heterocycles. The maximum Gasteiger partial charge on any atom is 0.416 e. The summed E-state index contributed by atoms with van der Waals surface area (Å²) in [5.74, 6) is -0.191. The fourth-order valence-corrected chi connectivity index (χ4v) is 7.93. The lowest BCUT2D eigenvalue weighted by atomic mass is 9.46. The number of carbonyl (C=O) groups excluding carboxylic acids is 2. The second-order valence-corrected chi connectivity index (χ2v) is 12.1. The SMILES string of the molecule is COC(=O)C(NC(=O)c1ccc2ccccc2c1OCc1ccc(C(F)(F)F)cc1)C12CC3CC(CC(O)(C3)C1)C2. The van der Waals surface area contributed by atoms with Crippen LogP contribution in [0, 0.1) is 17.3 Å². The topological polar surface area (TPSA) is 84.9 Å². The molecule has 0 aromatic heterocycles. The Balaban J connectivity index is 1.30. The van der Waals surface area contributed by atoms with Gasteiger partial charge in [0, 0.05) is 10.8 Å². The molecular formula is C32H32F3NO5. The molecule has 3 unspecified atom stereocenters. The van der Waals surface area contributed by atoms with Crippen molar-refractivity contribution in [1.29, 1.82) is 0 Å². The summed E-state index contributed by atoms with van der Waals surface area (Å²) < 4.78 is 50.3. The third-order valence-corrected chi connectivity index (χ3v) is 9.19. The van der Waals surface area contributed by atoms with Gasteiger partial charge in [0.1, 0.15) is 18.4 Å². The van der Waals surface area contributed by atoms with Gasteiger partial charge >= 0.3 is 12.1 Å². The van der Waals surface area contributed by atoms with Crippen LogP contribution in [0.25, 0.3) is 10.8 Å². The van der Waals surface area contributed by atoms with Gasteiger partial charge in [-0.25, -0.2) is 4.79 Å². The molecule has 0 radical (unpaired) electrons. The molecule has 3 aromatic carbocycles. The molecule has 0 heterocycles. The normalized spacial score (nSPS) is 27.4. The smallest absolute Gasteiger partial charge is 0.416 e. The molecule has 7 rings (SSSR count). The van der Waals surface area contributed by atoms with Gasteiger partial charge in [0.25, 0.3) is 5.91 Å². The highest BCUT2D eigenvalue weighted by atomic mass is 19.4. The van der Waals surface area contributed by atoms with E-state index in [2.05, 4.69) is 5.32 Å². The van der Waals surface area contributed by atoms with E-state index in [-0.39, 0.29) is 17.9 Å². The van der Waals surface area contributed by atoms with Gasteiger partial charge in [-0.1, -0.05) is 42.5 Å². The first-order valence-corrected chi connectivity index (χ1v) is 13.9. The minimum absolute atomic E-state index is 0.0623. The van der Waals surface area contributed by atoms with Crippen molar-refractivity contribution in [3.63, 3.8) is 0 Å². The van der Waals surface area contributed by atoms with Crippen LogP contribution < -0.4 is 10.1 Å². The van der Waals surface area contributed by atoms with E-state index in [1.807, 2.05) is 18.2 Å². The summed E-state index contributed by atoms with van der Waals surface area (Å²) in [7, 11) is 1.30. The average molecular weight is 568 g/mol. The molecule has 216 valence electrons. The van der Waals surface area contributed by atoms with Crippen molar-refractivity contribution >= 4 is 22.6 Å². The van der Waals surface area contributed by atoms with Crippen LogP contribution in [0.2, 0.25) is 0 Å². The van der Waals surface area contributed by atoms with Crippen molar-refractivity contribution in [2.45, 2.75) is 63.0 Å². The number of amides is 1. The first-order valence-electron chi connectivity index (χ1n) is 13.9. The van der Waals surface area contributed by atoms with Gasteiger partial charge in [-0.05, 0) is 79.5 Å². The van der Waals surface area contributed by atoms with Gasteiger partial charge in [-0.3, -0.25) is 4.79 Å². The lowest BCUT2D eigenvalue weighted by Gasteiger charge is -2.61. The number of halogens is 3. The van der Waals surface area contributed by atoms with E-state index >= 15 is 0 Å². The van der Waals surface area contributed by atoms with Gasteiger partial charge in [-0.2, -0.15) is 13.2 Å². The zero-order chi connectivity index (χ0) is 29.0. The Morgan fingerprint density at radius 3 is 2.32 bits per heavy atom. The Labute approximate surface area is 235 Å². The van der Waals surface area contributed by atoms with Crippen LogP contribution in [-0.2, 0) is 22.3 Å². The molecule has 3 atom stereocenters. The third kappa shape index (κ3) is 5.16. The molecule has 9 heteroatoms. The van der Waals surface area contributed by atoms with E-state index < -0.39 is 40.7 Å². The fraction of sp³-hybridized carbons (Fsp3) is 0.438. The lowest BCUT2D eigenvalue weighted by Crippen LogP contribution is -2.64. The molecule has 4 fully saturated rings. The predicted octanol–water partition coefficient (Wildman–Crippen LogP) is 6.04. The second kappa shape index (κ2) is 10.0. The van der Waals surface area contributed by atoms with E-state index in [9.17, 15) is 27.9 Å². The summed E-state index contributed by atoms with van der Waals surface area (Å²) in [4.78, 5) is 27.1. The molecule has 0 aliphatic heterocycles. The van der Waals surface area contributed by atoms with Crippen molar-refractivity contribution in [3.8, 4) is 5.75 Å². The van der Waals surface area contributed by atoms with Crippen molar-refractivity contribution in [2.75, 3.05) is 7.11 Å². The van der Waals surface area contributed by atoms with Crippen molar-refractivity contribution < 1.29 is 37.3 Å². The van der Waals surface area contributed by atoms with Crippen LogP contribution in [-0.4, -0.2) is 35.7 Å². The lowest BCUT2D eigenvalue weighted by molar-refractivity contribution is -0.183.